The Hall–Kier alpha value is -1.15. The number of unbranched alkanes of at least 4 members (excludes halogenated alkanes) is 3. The summed E-state index contributed by atoms with van der Waals surface area (Å²) in [4.78, 5) is 15.4. The number of piperidine rings is 1. The van der Waals surface area contributed by atoms with E-state index in [-0.39, 0.29) is 5.92 Å². The molecule has 0 aromatic heterocycles. The third-order valence-corrected chi connectivity index (χ3v) is 5.01. The summed E-state index contributed by atoms with van der Waals surface area (Å²) < 4.78 is 0. The fraction of sp³-hybridized carbons (Fsp3) is 0.667. The molecule has 0 saturated carbocycles. The first-order valence-corrected chi connectivity index (χ1v) is 9.57. The number of likely N-dealkylation sites (tertiary alicyclic amines) is 1. The second-order valence-corrected chi connectivity index (χ2v) is 7.09. The van der Waals surface area contributed by atoms with Gasteiger partial charge < -0.3 is 4.90 Å². The van der Waals surface area contributed by atoms with Crippen LogP contribution in [0.4, 0.5) is 0 Å². The van der Waals surface area contributed by atoms with E-state index in [1.54, 1.807) is 0 Å². The van der Waals surface area contributed by atoms with E-state index in [1.807, 2.05) is 12.1 Å². The number of ketones is 1. The summed E-state index contributed by atoms with van der Waals surface area (Å²) >= 11 is 0. The van der Waals surface area contributed by atoms with E-state index in [2.05, 4.69) is 30.9 Å². The molecule has 0 aliphatic carbocycles. The molecule has 1 aromatic rings. The van der Waals surface area contributed by atoms with Crippen molar-refractivity contribution in [3.8, 4) is 0 Å². The van der Waals surface area contributed by atoms with Crippen LogP contribution in [-0.4, -0.2) is 30.3 Å². The molecule has 1 saturated heterocycles. The molecule has 2 nitrogen and oxygen atoms in total. The highest BCUT2D eigenvalue weighted by atomic mass is 16.1. The normalized spacial score (nSPS) is 17.1. The van der Waals surface area contributed by atoms with Crippen molar-refractivity contribution in [2.45, 2.75) is 65.2 Å². The first-order chi connectivity index (χ1) is 11.2. The molecule has 1 fully saturated rings. The minimum Gasteiger partial charge on any atom is -0.303 e. The molecule has 0 radical (unpaired) electrons. The van der Waals surface area contributed by atoms with Crippen LogP contribution in [0.15, 0.2) is 24.3 Å². The van der Waals surface area contributed by atoms with E-state index >= 15 is 0 Å². The molecule has 128 valence electrons. The maximum absolute atomic E-state index is 12.9. The Labute approximate surface area is 142 Å². The lowest BCUT2D eigenvalue weighted by atomic mass is 9.92. The molecule has 1 aliphatic rings. The minimum atomic E-state index is 0.102. The van der Waals surface area contributed by atoms with E-state index in [0.29, 0.717) is 5.78 Å². The zero-order valence-electron chi connectivity index (χ0n) is 15.0. The van der Waals surface area contributed by atoms with Crippen molar-refractivity contribution in [1.82, 2.24) is 4.90 Å². The fourth-order valence-electron chi connectivity index (χ4n) is 3.60. The molecule has 0 spiro atoms. The highest BCUT2D eigenvalue weighted by Crippen LogP contribution is 2.19. The Morgan fingerprint density at radius 3 is 2.57 bits per heavy atom. The lowest BCUT2D eigenvalue weighted by Gasteiger charge is -2.28. The summed E-state index contributed by atoms with van der Waals surface area (Å²) in [6.45, 7) is 7.58. The largest absolute Gasteiger partial charge is 0.303 e. The van der Waals surface area contributed by atoms with Gasteiger partial charge in [-0.2, -0.15) is 0 Å². The van der Waals surface area contributed by atoms with Crippen molar-refractivity contribution in [3.05, 3.63) is 35.4 Å². The molecule has 1 unspecified atom stereocenters. The quantitative estimate of drug-likeness (QED) is 0.466. The standard InChI is InChI=1S/C21H33NO/c1-3-4-5-7-12-19-13-8-9-14-20(19)21(23)18(2)17-22-15-10-6-11-16-22/h8-9,13-14,18H,3-7,10-12,15-17H2,1-2H3. The molecule has 1 heterocycles. The van der Waals surface area contributed by atoms with E-state index < -0.39 is 0 Å². The highest BCUT2D eigenvalue weighted by molar-refractivity contribution is 5.99. The molecule has 2 heteroatoms. The van der Waals surface area contributed by atoms with Gasteiger partial charge in [0.05, 0.1) is 0 Å². The van der Waals surface area contributed by atoms with Crippen LogP contribution in [0.3, 0.4) is 0 Å². The van der Waals surface area contributed by atoms with Gasteiger partial charge in [0.25, 0.3) is 0 Å². The zero-order valence-corrected chi connectivity index (χ0v) is 15.0. The smallest absolute Gasteiger partial charge is 0.167 e. The van der Waals surface area contributed by atoms with Gasteiger partial charge in [0, 0.05) is 18.0 Å². The van der Waals surface area contributed by atoms with Crippen LogP contribution >= 0.6 is 0 Å². The van der Waals surface area contributed by atoms with E-state index in [9.17, 15) is 4.79 Å². The average Bonchev–Trinajstić information content (AvgIpc) is 2.59. The van der Waals surface area contributed by atoms with Gasteiger partial charge in [-0.1, -0.05) is 63.8 Å². The van der Waals surface area contributed by atoms with Crippen molar-refractivity contribution in [1.29, 1.82) is 0 Å². The second-order valence-electron chi connectivity index (χ2n) is 7.09. The van der Waals surface area contributed by atoms with Gasteiger partial charge in [0.15, 0.2) is 5.78 Å². The van der Waals surface area contributed by atoms with Crippen molar-refractivity contribution < 1.29 is 4.79 Å². The molecule has 0 N–H and O–H groups in total. The van der Waals surface area contributed by atoms with Gasteiger partial charge in [-0.25, -0.2) is 0 Å². The Kier molecular flexibility index (Phi) is 7.81. The van der Waals surface area contributed by atoms with E-state index in [4.69, 9.17) is 0 Å². The predicted molar refractivity (Wildman–Crippen MR) is 98.1 cm³/mol. The van der Waals surface area contributed by atoms with Gasteiger partial charge in [-0.15, -0.1) is 0 Å². The summed E-state index contributed by atoms with van der Waals surface area (Å²) in [5.41, 5.74) is 2.22. The van der Waals surface area contributed by atoms with Crippen LogP contribution in [0, 0.1) is 5.92 Å². The van der Waals surface area contributed by atoms with Crippen molar-refractivity contribution >= 4 is 5.78 Å². The highest BCUT2D eigenvalue weighted by Gasteiger charge is 2.21. The summed E-state index contributed by atoms with van der Waals surface area (Å²) in [5.74, 6) is 0.437. The third-order valence-electron chi connectivity index (χ3n) is 5.01. The maximum Gasteiger partial charge on any atom is 0.167 e. The van der Waals surface area contributed by atoms with Crippen LogP contribution in [0.5, 0.6) is 0 Å². The minimum absolute atomic E-state index is 0.102. The molecular weight excluding hydrogens is 282 g/mol. The number of hydrogen-bond acceptors (Lipinski definition) is 2. The van der Waals surface area contributed by atoms with Crippen molar-refractivity contribution in [2.75, 3.05) is 19.6 Å². The first kappa shape index (κ1) is 18.2. The maximum atomic E-state index is 12.9. The van der Waals surface area contributed by atoms with Gasteiger partial charge in [0.1, 0.15) is 0 Å². The topological polar surface area (TPSA) is 20.3 Å². The van der Waals surface area contributed by atoms with E-state index in [0.717, 1.165) is 31.6 Å². The third kappa shape index (κ3) is 5.76. The summed E-state index contributed by atoms with van der Waals surface area (Å²) in [6, 6.07) is 8.26. The lowest BCUT2D eigenvalue weighted by Crippen LogP contribution is -2.36. The van der Waals surface area contributed by atoms with Gasteiger partial charge in [0.2, 0.25) is 0 Å². The van der Waals surface area contributed by atoms with Gasteiger partial charge >= 0.3 is 0 Å². The number of carbonyl (C=O) groups excluding carboxylic acids is 1. The number of aryl methyl sites for hydroxylation is 1. The summed E-state index contributed by atoms with van der Waals surface area (Å²) in [6.07, 6.45) is 9.97. The fourth-order valence-corrected chi connectivity index (χ4v) is 3.60. The Morgan fingerprint density at radius 1 is 1.09 bits per heavy atom. The number of benzene rings is 1. The van der Waals surface area contributed by atoms with Gasteiger partial charge in [-0.3, -0.25) is 4.79 Å². The van der Waals surface area contributed by atoms with Gasteiger partial charge in [-0.05, 0) is 44.3 Å². The summed E-state index contributed by atoms with van der Waals surface area (Å²) in [7, 11) is 0. The van der Waals surface area contributed by atoms with Crippen LogP contribution < -0.4 is 0 Å². The van der Waals surface area contributed by atoms with E-state index in [1.165, 1.54) is 50.5 Å². The number of carbonyl (C=O) groups is 1. The SMILES string of the molecule is CCCCCCc1ccccc1C(=O)C(C)CN1CCCCC1. The monoisotopic (exact) mass is 315 g/mol. The molecule has 0 amide bonds. The zero-order chi connectivity index (χ0) is 16.5. The van der Waals surface area contributed by atoms with Crippen LogP contribution in [0.2, 0.25) is 0 Å². The van der Waals surface area contributed by atoms with Crippen LogP contribution in [0.25, 0.3) is 0 Å². The molecule has 1 atom stereocenters. The van der Waals surface area contributed by atoms with Crippen molar-refractivity contribution in [2.24, 2.45) is 5.92 Å². The number of Topliss-reactive ketones (excluding diaryl/α,β-unsaturated/α-hetero) is 1. The van der Waals surface area contributed by atoms with Crippen LogP contribution in [-0.2, 0) is 6.42 Å². The Morgan fingerprint density at radius 2 is 1.83 bits per heavy atom. The molecule has 23 heavy (non-hydrogen) atoms. The molecule has 1 aliphatic heterocycles. The molecule has 2 rings (SSSR count). The number of hydrogen-bond donors (Lipinski definition) is 0. The molecule has 1 aromatic carbocycles. The predicted octanol–water partition coefficient (Wildman–Crippen LogP) is 5.11. The Bertz CT molecular complexity index is 476. The second kappa shape index (κ2) is 9.87. The summed E-state index contributed by atoms with van der Waals surface area (Å²) in [5, 5.41) is 0. The number of rotatable bonds is 9. The van der Waals surface area contributed by atoms with Crippen molar-refractivity contribution in [3.63, 3.8) is 0 Å². The number of nitrogens with zero attached hydrogens (tertiary/aromatic N) is 1. The molecule has 0 bridgehead atoms. The Balaban J connectivity index is 1.94. The molecular formula is C21H33NO. The van der Waals surface area contributed by atoms with Crippen LogP contribution in [0.1, 0.15) is 74.7 Å². The average molecular weight is 316 g/mol. The first-order valence-electron chi connectivity index (χ1n) is 9.57. The lowest BCUT2D eigenvalue weighted by molar-refractivity contribution is 0.0882.